The first-order valence-corrected chi connectivity index (χ1v) is 14.2. The van der Waals surface area contributed by atoms with Crippen LogP contribution in [-0.2, 0) is 39.4 Å². The Bertz CT molecular complexity index is 1330. The molecule has 270 valence electrons. The molecular formula is C28H34F9N5O6. The van der Waals surface area contributed by atoms with Crippen molar-refractivity contribution < 1.29 is 69.2 Å². The molecule has 0 atom stereocenters. The van der Waals surface area contributed by atoms with E-state index in [4.69, 9.17) is 34.7 Å². The maximum atomic E-state index is 10.6. The third kappa shape index (κ3) is 12.3. The fourth-order valence-corrected chi connectivity index (χ4v) is 5.04. The first kappa shape index (κ1) is 40.2. The number of pyridine rings is 1. The number of piperidine rings is 1. The highest BCUT2D eigenvalue weighted by atomic mass is 19.4. The van der Waals surface area contributed by atoms with Crippen molar-refractivity contribution in [3.05, 3.63) is 47.3 Å². The number of carboxylic acids is 3. The minimum atomic E-state index is -5.08. The first-order chi connectivity index (χ1) is 22.0. The Hall–Kier alpha value is -3.94. The number of alkyl halides is 9. The van der Waals surface area contributed by atoms with Crippen molar-refractivity contribution in [1.29, 1.82) is 0 Å². The maximum Gasteiger partial charge on any atom is 0.490 e. The van der Waals surface area contributed by atoms with Gasteiger partial charge in [-0.1, -0.05) is 6.07 Å². The number of hydrogen-bond donors (Lipinski definition) is 3. The van der Waals surface area contributed by atoms with Crippen LogP contribution < -0.4 is 0 Å². The number of rotatable bonds is 4. The highest BCUT2D eigenvalue weighted by molar-refractivity contribution is 5.73. The first-order valence-electron chi connectivity index (χ1n) is 14.2. The summed E-state index contributed by atoms with van der Waals surface area (Å²) in [6, 6.07) is 6.26. The quantitative estimate of drug-likeness (QED) is 0.376. The standard InChI is InChI=1S/C22H31N5.3C2HF3O2/c1-17-24-21-20(27(17)13-18-6-7-18)15-26(14-19-5-3-4-10-23-19)16-22(21)8-11-25(2)12-9-22;3*3-2(4,5)1(6)7/h3-5,10,18H,6-9,11-16H2,1-2H3;3*(H,6,7). The smallest absolute Gasteiger partial charge is 0.475 e. The van der Waals surface area contributed by atoms with Gasteiger partial charge in [-0.2, -0.15) is 39.5 Å². The van der Waals surface area contributed by atoms with Gasteiger partial charge < -0.3 is 24.8 Å². The average Bonchev–Trinajstić information content (AvgIpc) is 3.73. The third-order valence-corrected chi connectivity index (χ3v) is 7.59. The SMILES string of the molecule is Cc1nc2c(n1CC1CC1)CN(Cc1ccccn1)CC21CCN(C)CC1.O=C(O)C(F)(F)F.O=C(O)C(F)(F)F.O=C(O)C(F)(F)F. The number of aliphatic carboxylic acids is 3. The van der Waals surface area contributed by atoms with Crippen LogP contribution in [0.4, 0.5) is 39.5 Å². The van der Waals surface area contributed by atoms with Crippen LogP contribution >= 0.6 is 0 Å². The predicted octanol–water partition coefficient (Wildman–Crippen LogP) is 4.88. The summed E-state index contributed by atoms with van der Waals surface area (Å²) in [7, 11) is 2.25. The summed E-state index contributed by atoms with van der Waals surface area (Å²) in [5, 5.41) is 21.4. The molecule has 2 aliphatic heterocycles. The molecule has 0 radical (unpaired) electrons. The number of aryl methyl sites for hydroxylation is 1. The van der Waals surface area contributed by atoms with Gasteiger partial charge in [0.25, 0.3) is 0 Å². The molecule has 1 saturated carbocycles. The van der Waals surface area contributed by atoms with E-state index in [-0.39, 0.29) is 5.41 Å². The summed E-state index contributed by atoms with van der Waals surface area (Å²) in [4.78, 5) is 41.5. The van der Waals surface area contributed by atoms with Crippen molar-refractivity contribution in [3.63, 3.8) is 0 Å². The number of imidazole rings is 1. The van der Waals surface area contributed by atoms with E-state index in [2.05, 4.69) is 45.5 Å². The molecule has 2 aromatic rings. The van der Waals surface area contributed by atoms with Crippen molar-refractivity contribution >= 4 is 17.9 Å². The monoisotopic (exact) mass is 707 g/mol. The average molecular weight is 708 g/mol. The third-order valence-electron chi connectivity index (χ3n) is 7.59. The Labute approximate surface area is 268 Å². The lowest BCUT2D eigenvalue weighted by Gasteiger charge is -2.46. The fourth-order valence-electron chi connectivity index (χ4n) is 5.04. The molecule has 2 aromatic heterocycles. The number of likely N-dealkylation sites (tertiary alicyclic amines) is 1. The van der Waals surface area contributed by atoms with Gasteiger partial charge in [-0.05, 0) is 70.8 Å². The van der Waals surface area contributed by atoms with E-state index >= 15 is 0 Å². The van der Waals surface area contributed by atoms with E-state index in [0.29, 0.717) is 0 Å². The van der Waals surface area contributed by atoms with Crippen molar-refractivity contribution in [2.24, 2.45) is 5.92 Å². The lowest BCUT2D eigenvalue weighted by molar-refractivity contribution is -0.193. The van der Waals surface area contributed by atoms with Crippen LogP contribution in [0.2, 0.25) is 0 Å². The van der Waals surface area contributed by atoms with Gasteiger partial charge in [-0.25, -0.2) is 19.4 Å². The van der Waals surface area contributed by atoms with Crippen molar-refractivity contribution in [1.82, 2.24) is 24.3 Å². The zero-order valence-corrected chi connectivity index (χ0v) is 25.7. The molecule has 5 rings (SSSR count). The molecule has 11 nitrogen and oxygen atoms in total. The predicted molar refractivity (Wildman–Crippen MR) is 148 cm³/mol. The van der Waals surface area contributed by atoms with Gasteiger partial charge >= 0.3 is 36.4 Å². The number of carbonyl (C=O) groups is 3. The number of halogens is 9. The molecule has 1 spiro atoms. The number of carboxylic acid groups (broad SMARTS) is 3. The number of hydrogen-bond acceptors (Lipinski definition) is 7. The normalized spacial score (nSPS) is 17.8. The molecule has 3 N–H and O–H groups in total. The molecule has 3 aliphatic rings. The summed E-state index contributed by atoms with van der Waals surface area (Å²) < 4.78 is 97.8. The van der Waals surface area contributed by atoms with Crippen LogP contribution in [0, 0.1) is 12.8 Å². The molecule has 20 heteroatoms. The van der Waals surface area contributed by atoms with E-state index in [0.717, 1.165) is 25.6 Å². The van der Waals surface area contributed by atoms with Crippen LogP contribution in [0.3, 0.4) is 0 Å². The van der Waals surface area contributed by atoms with Gasteiger partial charge in [0.2, 0.25) is 0 Å². The second-order valence-corrected chi connectivity index (χ2v) is 11.5. The molecule has 1 saturated heterocycles. The largest absolute Gasteiger partial charge is 0.490 e. The van der Waals surface area contributed by atoms with Gasteiger partial charge in [0.15, 0.2) is 0 Å². The van der Waals surface area contributed by atoms with Gasteiger partial charge in [0.1, 0.15) is 5.82 Å². The van der Waals surface area contributed by atoms with Crippen LogP contribution in [0.25, 0.3) is 0 Å². The minimum absolute atomic E-state index is 0.217. The minimum Gasteiger partial charge on any atom is -0.475 e. The van der Waals surface area contributed by atoms with Crippen molar-refractivity contribution in [2.75, 3.05) is 26.7 Å². The molecule has 4 heterocycles. The van der Waals surface area contributed by atoms with Crippen molar-refractivity contribution in [3.8, 4) is 0 Å². The summed E-state index contributed by atoms with van der Waals surface area (Å²) in [5.74, 6) is -6.17. The van der Waals surface area contributed by atoms with Gasteiger partial charge in [0, 0.05) is 37.8 Å². The second kappa shape index (κ2) is 16.0. The highest BCUT2D eigenvalue weighted by Gasteiger charge is 2.45. The summed E-state index contributed by atoms with van der Waals surface area (Å²) in [6.07, 6.45) is -8.12. The number of nitrogens with zero attached hydrogens (tertiary/aromatic N) is 5. The fraction of sp³-hybridized carbons (Fsp3) is 0.607. The van der Waals surface area contributed by atoms with Crippen LogP contribution in [-0.4, -0.2) is 103 Å². The molecular weight excluding hydrogens is 673 g/mol. The van der Waals surface area contributed by atoms with Gasteiger partial charge in [-0.15, -0.1) is 0 Å². The van der Waals surface area contributed by atoms with E-state index in [1.54, 1.807) is 0 Å². The molecule has 0 bridgehead atoms. The van der Waals surface area contributed by atoms with E-state index in [9.17, 15) is 39.5 Å². The summed E-state index contributed by atoms with van der Waals surface area (Å²) in [5.41, 5.74) is 4.31. The van der Waals surface area contributed by atoms with Crippen molar-refractivity contribution in [2.45, 2.75) is 76.2 Å². The van der Waals surface area contributed by atoms with Crippen LogP contribution in [0.5, 0.6) is 0 Å². The Morgan fingerprint density at radius 3 is 1.75 bits per heavy atom. The zero-order valence-electron chi connectivity index (χ0n) is 25.7. The molecule has 0 unspecified atom stereocenters. The lowest BCUT2D eigenvalue weighted by atomic mass is 9.72. The molecule has 1 aliphatic carbocycles. The summed E-state index contributed by atoms with van der Waals surface area (Å²) >= 11 is 0. The topological polar surface area (TPSA) is 149 Å². The van der Waals surface area contributed by atoms with Gasteiger partial charge in [0.05, 0.1) is 17.1 Å². The Morgan fingerprint density at radius 1 is 0.875 bits per heavy atom. The Kier molecular flexibility index (Phi) is 13.4. The van der Waals surface area contributed by atoms with E-state index in [1.807, 2.05) is 12.3 Å². The molecule has 0 aromatic carbocycles. The second-order valence-electron chi connectivity index (χ2n) is 11.5. The highest BCUT2D eigenvalue weighted by Crippen LogP contribution is 2.43. The van der Waals surface area contributed by atoms with E-state index in [1.165, 1.54) is 68.2 Å². The zero-order chi connectivity index (χ0) is 36.7. The number of aromatic nitrogens is 3. The molecule has 2 fully saturated rings. The molecule has 0 amide bonds. The van der Waals surface area contributed by atoms with Gasteiger partial charge in [-0.3, -0.25) is 9.88 Å². The summed E-state index contributed by atoms with van der Waals surface area (Å²) in [6.45, 7) is 8.79. The van der Waals surface area contributed by atoms with Crippen LogP contribution in [0.15, 0.2) is 24.4 Å². The maximum absolute atomic E-state index is 10.6. The Balaban J connectivity index is 0.000000313. The molecule has 48 heavy (non-hydrogen) atoms. The van der Waals surface area contributed by atoms with Crippen LogP contribution in [0.1, 0.15) is 48.6 Å². The number of fused-ring (bicyclic) bond motifs is 2. The lowest BCUT2D eigenvalue weighted by Crippen LogP contribution is -2.51. The Morgan fingerprint density at radius 2 is 1.35 bits per heavy atom. The van der Waals surface area contributed by atoms with E-state index < -0.39 is 36.4 Å².